The van der Waals surface area contributed by atoms with E-state index in [9.17, 15) is 19.7 Å². The molecule has 1 aliphatic heterocycles. The fourth-order valence-corrected chi connectivity index (χ4v) is 3.47. The van der Waals surface area contributed by atoms with Gasteiger partial charge in [0.25, 0.3) is 17.5 Å². The van der Waals surface area contributed by atoms with E-state index in [1.165, 1.54) is 29.3 Å². The maximum absolute atomic E-state index is 13.3. The number of nitrogens with one attached hydrogen (secondary N) is 2. The Balaban J connectivity index is 1.66. The first kappa shape index (κ1) is 20.9. The third-order valence-corrected chi connectivity index (χ3v) is 5.21. The van der Waals surface area contributed by atoms with E-state index < -0.39 is 17.0 Å². The molecule has 9 nitrogen and oxygen atoms in total. The van der Waals surface area contributed by atoms with E-state index in [-0.39, 0.29) is 17.2 Å². The van der Waals surface area contributed by atoms with Gasteiger partial charge in [0.15, 0.2) is 0 Å². The molecule has 162 valence electrons. The minimum atomic E-state index is -0.643. The minimum Gasteiger partial charge on any atom is -0.378 e. The number of nitrogens with zero attached hydrogens (tertiary/aromatic N) is 3. The van der Waals surface area contributed by atoms with E-state index in [4.69, 9.17) is 0 Å². The predicted molar refractivity (Wildman–Crippen MR) is 120 cm³/mol. The number of carbonyl (C=O) groups excluding carboxylic acids is 2. The highest BCUT2D eigenvalue weighted by Crippen LogP contribution is 2.32. The van der Waals surface area contributed by atoms with Crippen molar-refractivity contribution in [1.29, 1.82) is 0 Å². The van der Waals surface area contributed by atoms with Crippen molar-refractivity contribution in [2.75, 3.05) is 24.3 Å². The van der Waals surface area contributed by atoms with E-state index in [1.54, 1.807) is 12.1 Å². The van der Waals surface area contributed by atoms with Gasteiger partial charge in [0.05, 0.1) is 10.5 Å². The number of carbonyl (C=O) groups is 2. The lowest BCUT2D eigenvalue weighted by Gasteiger charge is -2.37. The molecule has 2 N–H and O–H groups in total. The molecule has 32 heavy (non-hydrogen) atoms. The molecule has 0 saturated heterocycles. The molecule has 9 heteroatoms. The molecule has 0 radical (unpaired) electrons. The Labute approximate surface area is 184 Å². The number of hydrogen-bond acceptors (Lipinski definition) is 6. The smallest absolute Gasteiger partial charge is 0.276 e. The van der Waals surface area contributed by atoms with Gasteiger partial charge in [-0.3, -0.25) is 25.1 Å². The van der Waals surface area contributed by atoms with Crippen LogP contribution in [-0.4, -0.2) is 35.8 Å². The number of hydrogen-bond donors (Lipinski definition) is 2. The van der Waals surface area contributed by atoms with Crippen molar-refractivity contribution in [3.05, 3.63) is 99.6 Å². The van der Waals surface area contributed by atoms with Gasteiger partial charge in [-0.25, -0.2) is 5.01 Å². The van der Waals surface area contributed by atoms with Gasteiger partial charge in [-0.05, 0) is 42.0 Å². The first-order valence-corrected chi connectivity index (χ1v) is 9.87. The van der Waals surface area contributed by atoms with Gasteiger partial charge in [0.2, 0.25) is 0 Å². The second-order valence-electron chi connectivity index (χ2n) is 7.50. The van der Waals surface area contributed by atoms with E-state index >= 15 is 0 Å². The maximum Gasteiger partial charge on any atom is 0.276 e. The van der Waals surface area contributed by atoms with Gasteiger partial charge in [-0.1, -0.05) is 24.3 Å². The van der Waals surface area contributed by atoms with Crippen molar-refractivity contribution in [3.63, 3.8) is 0 Å². The molecule has 3 aromatic carbocycles. The summed E-state index contributed by atoms with van der Waals surface area (Å²) in [6.07, 6.45) is -0.643. The van der Waals surface area contributed by atoms with Crippen LogP contribution < -0.4 is 15.6 Å². The van der Waals surface area contributed by atoms with Crippen LogP contribution in [0.2, 0.25) is 0 Å². The van der Waals surface area contributed by atoms with Crippen LogP contribution in [0.5, 0.6) is 0 Å². The van der Waals surface area contributed by atoms with Crippen molar-refractivity contribution >= 4 is 28.9 Å². The summed E-state index contributed by atoms with van der Waals surface area (Å²) in [5.41, 5.74) is 5.61. The minimum absolute atomic E-state index is 0.120. The normalized spacial score (nSPS) is 14.9. The molecule has 1 unspecified atom stereocenters. The largest absolute Gasteiger partial charge is 0.378 e. The summed E-state index contributed by atoms with van der Waals surface area (Å²) in [6.45, 7) is 0. The summed E-state index contributed by atoms with van der Waals surface area (Å²) < 4.78 is 0. The number of non-ortho nitro benzene ring substituents is 1. The molecular weight excluding hydrogens is 410 g/mol. The highest BCUT2D eigenvalue weighted by atomic mass is 16.6. The van der Waals surface area contributed by atoms with Crippen LogP contribution in [0.25, 0.3) is 0 Å². The Hall–Kier alpha value is -4.40. The fourth-order valence-electron chi connectivity index (χ4n) is 3.47. The molecule has 0 aromatic heterocycles. The Kier molecular flexibility index (Phi) is 5.46. The van der Waals surface area contributed by atoms with Crippen LogP contribution in [0.1, 0.15) is 32.4 Å². The van der Waals surface area contributed by atoms with Crippen LogP contribution in [0.3, 0.4) is 0 Å². The molecule has 0 aliphatic carbocycles. The highest BCUT2D eigenvalue weighted by molar-refractivity contribution is 6.04. The quantitative estimate of drug-likeness (QED) is 0.472. The van der Waals surface area contributed by atoms with E-state index in [2.05, 4.69) is 10.7 Å². The number of amides is 2. The monoisotopic (exact) mass is 431 g/mol. The van der Waals surface area contributed by atoms with Gasteiger partial charge in [-0.2, -0.15) is 0 Å². The molecule has 0 bridgehead atoms. The SMILES string of the molecule is CN(C)c1ccc(C2Nc3ccccc3C(=O)N2NC(=O)c2ccc([N+](=O)[O-])cc2)cc1. The zero-order valence-corrected chi connectivity index (χ0v) is 17.5. The van der Waals surface area contributed by atoms with Crippen molar-refractivity contribution in [1.82, 2.24) is 10.4 Å². The lowest BCUT2D eigenvalue weighted by molar-refractivity contribution is -0.384. The third kappa shape index (κ3) is 3.95. The second-order valence-corrected chi connectivity index (χ2v) is 7.50. The molecular formula is C23H21N5O4. The number of nitro benzene ring substituents is 1. The van der Waals surface area contributed by atoms with Gasteiger partial charge in [0.1, 0.15) is 6.17 Å². The number of hydrazine groups is 1. The number of fused-ring (bicyclic) bond motifs is 1. The first-order valence-electron chi connectivity index (χ1n) is 9.87. The molecule has 0 spiro atoms. The van der Waals surface area contributed by atoms with Crippen molar-refractivity contribution in [2.45, 2.75) is 6.17 Å². The molecule has 3 aromatic rings. The topological polar surface area (TPSA) is 108 Å². The van der Waals surface area contributed by atoms with Crippen molar-refractivity contribution in [3.8, 4) is 0 Å². The van der Waals surface area contributed by atoms with E-state index in [0.717, 1.165) is 11.3 Å². The van der Waals surface area contributed by atoms with Gasteiger partial charge < -0.3 is 10.2 Å². The molecule has 4 rings (SSSR count). The predicted octanol–water partition coefficient (Wildman–Crippen LogP) is 3.57. The Morgan fingerprint density at radius 2 is 1.69 bits per heavy atom. The third-order valence-electron chi connectivity index (χ3n) is 5.21. The maximum atomic E-state index is 13.3. The average Bonchev–Trinajstić information content (AvgIpc) is 2.80. The van der Waals surface area contributed by atoms with Gasteiger partial charge >= 0.3 is 0 Å². The lowest BCUT2D eigenvalue weighted by Crippen LogP contribution is -2.52. The van der Waals surface area contributed by atoms with Crippen molar-refractivity contribution in [2.24, 2.45) is 0 Å². The Morgan fingerprint density at radius 3 is 2.31 bits per heavy atom. The Bertz CT molecular complexity index is 1180. The zero-order chi connectivity index (χ0) is 22.8. The van der Waals surface area contributed by atoms with Gasteiger partial charge in [0, 0.05) is 43.2 Å². The van der Waals surface area contributed by atoms with Crippen LogP contribution in [0.4, 0.5) is 17.1 Å². The van der Waals surface area contributed by atoms with Crippen molar-refractivity contribution < 1.29 is 14.5 Å². The fraction of sp³-hybridized carbons (Fsp3) is 0.130. The summed E-state index contributed by atoms with van der Waals surface area (Å²) in [7, 11) is 3.87. The number of anilines is 2. The highest BCUT2D eigenvalue weighted by Gasteiger charge is 2.34. The molecule has 1 heterocycles. The Morgan fingerprint density at radius 1 is 1.03 bits per heavy atom. The van der Waals surface area contributed by atoms with Gasteiger partial charge in [-0.15, -0.1) is 0 Å². The summed E-state index contributed by atoms with van der Waals surface area (Å²) in [4.78, 5) is 38.4. The molecule has 0 fully saturated rings. The van der Waals surface area contributed by atoms with E-state index in [1.807, 2.05) is 55.4 Å². The van der Waals surface area contributed by atoms with Crippen LogP contribution in [0.15, 0.2) is 72.8 Å². The second kappa shape index (κ2) is 8.38. The molecule has 1 atom stereocenters. The van der Waals surface area contributed by atoms with Crippen LogP contribution in [0, 0.1) is 10.1 Å². The standard InChI is InChI=1S/C23H21N5O4/c1-26(2)17-11-7-15(8-12-17)21-24-20-6-4-3-5-19(20)23(30)27(21)25-22(29)16-9-13-18(14-10-16)28(31)32/h3-14,21,24H,1-2H3,(H,25,29). The number of nitro groups is 1. The van der Waals surface area contributed by atoms with Crippen LogP contribution >= 0.6 is 0 Å². The lowest BCUT2D eigenvalue weighted by atomic mass is 10.0. The number of rotatable bonds is 5. The summed E-state index contributed by atoms with van der Waals surface area (Å²) in [5.74, 6) is -0.916. The first-order chi connectivity index (χ1) is 15.3. The summed E-state index contributed by atoms with van der Waals surface area (Å²) in [6, 6.07) is 19.9. The summed E-state index contributed by atoms with van der Waals surface area (Å²) in [5, 5.41) is 15.4. The molecule has 2 amide bonds. The molecule has 1 aliphatic rings. The average molecular weight is 431 g/mol. The van der Waals surface area contributed by atoms with Crippen LogP contribution in [-0.2, 0) is 0 Å². The zero-order valence-electron chi connectivity index (χ0n) is 17.5. The number of benzene rings is 3. The molecule has 0 saturated carbocycles. The van der Waals surface area contributed by atoms with E-state index in [0.29, 0.717) is 11.3 Å². The summed E-state index contributed by atoms with van der Waals surface area (Å²) >= 11 is 0. The number of para-hydroxylation sites is 1.